The fraction of sp³-hybridized carbons (Fsp3) is 0.500. The number of fused-ring (bicyclic) bond motifs is 1. The van der Waals surface area contributed by atoms with Crippen LogP contribution in [0.1, 0.15) is 5.56 Å². The predicted octanol–water partition coefficient (Wildman–Crippen LogP) is 0.905. The number of hydrogen-bond acceptors (Lipinski definition) is 3. The van der Waals surface area contributed by atoms with E-state index in [2.05, 4.69) is 5.32 Å². The van der Waals surface area contributed by atoms with Gasteiger partial charge in [0.05, 0.1) is 13.2 Å². The summed E-state index contributed by atoms with van der Waals surface area (Å²) in [6.07, 6.45) is 0. The van der Waals surface area contributed by atoms with E-state index in [9.17, 15) is 4.79 Å². The molecule has 2 saturated heterocycles. The molecule has 3 rings (SSSR count). The van der Waals surface area contributed by atoms with Crippen LogP contribution in [0.15, 0.2) is 24.3 Å². The van der Waals surface area contributed by atoms with Crippen molar-refractivity contribution >= 4 is 6.03 Å². The molecule has 102 valence electrons. The second-order valence-electron chi connectivity index (χ2n) is 5.06. The first-order valence-electron chi connectivity index (χ1n) is 6.67. The van der Waals surface area contributed by atoms with E-state index in [1.165, 1.54) is 0 Å². The first kappa shape index (κ1) is 12.3. The number of nitrogens with one attached hydrogen (secondary N) is 1. The van der Waals surface area contributed by atoms with Gasteiger partial charge < -0.3 is 19.9 Å². The SMILES string of the molecule is COc1ccc(CN2C[C@@H]3CNCCN3C2=O)cc1. The molecule has 0 bridgehead atoms. The molecule has 5 heteroatoms. The van der Waals surface area contributed by atoms with Crippen molar-refractivity contribution in [3.8, 4) is 5.75 Å². The summed E-state index contributed by atoms with van der Waals surface area (Å²) in [5.41, 5.74) is 1.14. The molecule has 0 unspecified atom stereocenters. The van der Waals surface area contributed by atoms with Crippen LogP contribution in [0.3, 0.4) is 0 Å². The van der Waals surface area contributed by atoms with Gasteiger partial charge in [0.1, 0.15) is 5.75 Å². The van der Waals surface area contributed by atoms with Gasteiger partial charge in [-0.2, -0.15) is 0 Å². The number of urea groups is 1. The van der Waals surface area contributed by atoms with E-state index < -0.39 is 0 Å². The van der Waals surface area contributed by atoms with Gasteiger partial charge in [-0.3, -0.25) is 0 Å². The van der Waals surface area contributed by atoms with Crippen molar-refractivity contribution < 1.29 is 9.53 Å². The molecule has 1 aromatic carbocycles. The molecule has 2 amide bonds. The first-order chi connectivity index (χ1) is 9.28. The summed E-state index contributed by atoms with van der Waals surface area (Å²) in [7, 11) is 1.66. The summed E-state index contributed by atoms with van der Waals surface area (Å²) < 4.78 is 5.14. The number of amides is 2. The molecule has 0 aromatic heterocycles. The maximum Gasteiger partial charge on any atom is 0.320 e. The molecule has 1 aromatic rings. The third kappa shape index (κ3) is 2.38. The fourth-order valence-corrected chi connectivity index (χ4v) is 2.77. The van der Waals surface area contributed by atoms with Crippen molar-refractivity contribution in [3.63, 3.8) is 0 Å². The molecule has 2 aliphatic heterocycles. The molecular formula is C14H19N3O2. The minimum Gasteiger partial charge on any atom is -0.497 e. The predicted molar refractivity (Wildman–Crippen MR) is 72.2 cm³/mol. The lowest BCUT2D eigenvalue weighted by atomic mass is 10.2. The molecule has 5 nitrogen and oxygen atoms in total. The topological polar surface area (TPSA) is 44.8 Å². The monoisotopic (exact) mass is 261 g/mol. The van der Waals surface area contributed by atoms with E-state index >= 15 is 0 Å². The Kier molecular flexibility index (Phi) is 3.29. The smallest absolute Gasteiger partial charge is 0.320 e. The van der Waals surface area contributed by atoms with Crippen molar-refractivity contribution in [1.29, 1.82) is 0 Å². The van der Waals surface area contributed by atoms with E-state index in [1.807, 2.05) is 34.1 Å². The van der Waals surface area contributed by atoms with Gasteiger partial charge in [0.2, 0.25) is 0 Å². The van der Waals surface area contributed by atoms with Gasteiger partial charge in [0.25, 0.3) is 0 Å². The van der Waals surface area contributed by atoms with Gasteiger partial charge in [-0.25, -0.2) is 4.79 Å². The average molecular weight is 261 g/mol. The summed E-state index contributed by atoms with van der Waals surface area (Å²) in [4.78, 5) is 16.2. The Bertz CT molecular complexity index is 460. The normalized spacial score (nSPS) is 22.6. The zero-order valence-corrected chi connectivity index (χ0v) is 11.1. The number of ether oxygens (including phenoxy) is 1. The number of rotatable bonds is 3. The molecule has 0 saturated carbocycles. The summed E-state index contributed by atoms with van der Waals surface area (Å²) in [6.45, 7) is 4.12. The molecule has 1 N–H and O–H groups in total. The van der Waals surface area contributed by atoms with Crippen LogP contribution in [-0.4, -0.2) is 55.2 Å². The Balaban J connectivity index is 1.67. The highest BCUT2D eigenvalue weighted by Crippen LogP contribution is 2.20. The number of piperazine rings is 1. The van der Waals surface area contributed by atoms with Gasteiger partial charge >= 0.3 is 6.03 Å². The Hall–Kier alpha value is -1.75. The minimum atomic E-state index is 0.169. The minimum absolute atomic E-state index is 0.169. The van der Waals surface area contributed by atoms with Gasteiger partial charge in [0.15, 0.2) is 0 Å². The van der Waals surface area contributed by atoms with E-state index in [4.69, 9.17) is 4.74 Å². The highest BCUT2D eigenvalue weighted by atomic mass is 16.5. The van der Waals surface area contributed by atoms with E-state index in [0.29, 0.717) is 12.6 Å². The molecule has 2 aliphatic rings. The summed E-state index contributed by atoms with van der Waals surface area (Å²) in [6, 6.07) is 8.40. The molecule has 0 spiro atoms. The summed E-state index contributed by atoms with van der Waals surface area (Å²) in [5, 5.41) is 3.34. The van der Waals surface area contributed by atoms with Crippen LogP contribution in [-0.2, 0) is 6.54 Å². The molecular weight excluding hydrogens is 242 g/mol. The number of nitrogens with zero attached hydrogens (tertiary/aromatic N) is 2. The van der Waals surface area contributed by atoms with E-state index in [-0.39, 0.29) is 6.03 Å². The third-order valence-electron chi connectivity index (χ3n) is 3.83. The Morgan fingerprint density at radius 2 is 2.16 bits per heavy atom. The van der Waals surface area contributed by atoms with E-state index in [1.54, 1.807) is 7.11 Å². The maximum atomic E-state index is 12.3. The van der Waals surface area contributed by atoms with Gasteiger partial charge in [0, 0.05) is 32.7 Å². The number of methoxy groups -OCH3 is 1. The van der Waals surface area contributed by atoms with E-state index in [0.717, 1.165) is 37.5 Å². The second kappa shape index (κ2) is 5.09. The zero-order chi connectivity index (χ0) is 13.2. The molecule has 2 fully saturated rings. The lowest BCUT2D eigenvalue weighted by molar-refractivity contribution is 0.178. The number of benzene rings is 1. The van der Waals surface area contributed by atoms with Crippen LogP contribution in [0, 0.1) is 0 Å². The number of carbonyl (C=O) groups excluding carboxylic acids is 1. The van der Waals surface area contributed by atoms with Gasteiger partial charge in [-0.15, -0.1) is 0 Å². The average Bonchev–Trinajstić information content (AvgIpc) is 2.77. The number of carbonyl (C=O) groups is 1. The van der Waals surface area contributed by atoms with Crippen LogP contribution in [0.25, 0.3) is 0 Å². The Labute approximate surface area is 113 Å². The van der Waals surface area contributed by atoms with Crippen molar-refractivity contribution in [1.82, 2.24) is 15.1 Å². The van der Waals surface area contributed by atoms with Crippen LogP contribution in [0.4, 0.5) is 4.79 Å². The van der Waals surface area contributed by atoms with Crippen LogP contribution in [0.2, 0.25) is 0 Å². The largest absolute Gasteiger partial charge is 0.497 e. The highest BCUT2D eigenvalue weighted by molar-refractivity contribution is 5.77. The Morgan fingerprint density at radius 3 is 2.84 bits per heavy atom. The van der Waals surface area contributed by atoms with Crippen molar-refractivity contribution in [2.24, 2.45) is 0 Å². The summed E-state index contributed by atoms with van der Waals surface area (Å²) in [5.74, 6) is 0.845. The van der Waals surface area contributed by atoms with Gasteiger partial charge in [-0.1, -0.05) is 12.1 Å². The fourth-order valence-electron chi connectivity index (χ4n) is 2.77. The molecule has 2 heterocycles. The quantitative estimate of drug-likeness (QED) is 0.879. The Morgan fingerprint density at radius 1 is 1.37 bits per heavy atom. The second-order valence-corrected chi connectivity index (χ2v) is 5.06. The highest BCUT2D eigenvalue weighted by Gasteiger charge is 2.38. The van der Waals surface area contributed by atoms with Crippen LogP contribution in [0.5, 0.6) is 5.75 Å². The summed E-state index contributed by atoms with van der Waals surface area (Å²) >= 11 is 0. The maximum absolute atomic E-state index is 12.3. The molecule has 0 radical (unpaired) electrons. The molecule has 19 heavy (non-hydrogen) atoms. The van der Waals surface area contributed by atoms with Crippen LogP contribution < -0.4 is 10.1 Å². The lowest BCUT2D eigenvalue weighted by Gasteiger charge is -2.28. The molecule has 1 atom stereocenters. The lowest BCUT2D eigenvalue weighted by Crippen LogP contribution is -2.49. The molecule has 0 aliphatic carbocycles. The first-order valence-corrected chi connectivity index (χ1v) is 6.67. The third-order valence-corrected chi connectivity index (χ3v) is 3.83. The van der Waals surface area contributed by atoms with Crippen molar-refractivity contribution in [2.45, 2.75) is 12.6 Å². The zero-order valence-electron chi connectivity index (χ0n) is 11.1. The van der Waals surface area contributed by atoms with Gasteiger partial charge in [-0.05, 0) is 17.7 Å². The van der Waals surface area contributed by atoms with Crippen LogP contribution >= 0.6 is 0 Å². The number of hydrogen-bond donors (Lipinski definition) is 1. The standard InChI is InChI=1S/C14H19N3O2/c1-19-13-4-2-11(3-5-13)9-16-10-12-8-15-6-7-17(12)14(16)18/h2-5,12,15H,6-10H2,1H3/t12-/m0/s1. The van der Waals surface area contributed by atoms with Crippen molar-refractivity contribution in [3.05, 3.63) is 29.8 Å². The van der Waals surface area contributed by atoms with Crippen molar-refractivity contribution in [2.75, 3.05) is 33.3 Å².